The van der Waals surface area contributed by atoms with Crippen LogP contribution in [-0.4, -0.2) is 18.8 Å². The van der Waals surface area contributed by atoms with Crippen LogP contribution in [0.1, 0.15) is 30.2 Å². The average molecular weight is 350 g/mol. The lowest BCUT2D eigenvalue weighted by atomic mass is 10.1. The maximum absolute atomic E-state index is 10.3. The number of nitrogens with one attached hydrogen (secondary N) is 1. The van der Waals surface area contributed by atoms with Gasteiger partial charge in [-0.25, -0.2) is 0 Å². The highest BCUT2D eigenvalue weighted by molar-refractivity contribution is 9.10. The van der Waals surface area contributed by atoms with Crippen LogP contribution in [0, 0.1) is 0 Å². The molecule has 0 saturated carbocycles. The lowest BCUT2D eigenvalue weighted by Gasteiger charge is -2.19. The largest absolute Gasteiger partial charge is 0.496 e. The number of para-hydroxylation sites is 1. The van der Waals surface area contributed by atoms with Crippen LogP contribution in [0.4, 0.5) is 0 Å². The van der Waals surface area contributed by atoms with E-state index in [1.807, 2.05) is 48.5 Å². The summed E-state index contributed by atoms with van der Waals surface area (Å²) in [6.07, 6.45) is -0.542. The van der Waals surface area contributed by atoms with E-state index in [2.05, 4.69) is 28.2 Å². The first-order chi connectivity index (χ1) is 10.1. The minimum atomic E-state index is -0.542. The summed E-state index contributed by atoms with van der Waals surface area (Å²) in [5.41, 5.74) is 1.98. The maximum Gasteiger partial charge on any atom is 0.123 e. The fraction of sp³-hybridized carbons (Fsp3) is 0.294. The molecular formula is C17H20BrNO2. The third kappa shape index (κ3) is 4.30. The van der Waals surface area contributed by atoms with E-state index in [4.69, 9.17) is 4.74 Å². The van der Waals surface area contributed by atoms with Gasteiger partial charge in [-0.05, 0) is 30.7 Å². The molecule has 0 aliphatic carbocycles. The van der Waals surface area contributed by atoms with Gasteiger partial charge in [0.05, 0.1) is 13.2 Å². The Morgan fingerprint density at radius 2 is 1.95 bits per heavy atom. The Hall–Kier alpha value is -1.36. The Morgan fingerprint density at radius 1 is 1.19 bits per heavy atom. The van der Waals surface area contributed by atoms with Crippen molar-refractivity contribution in [1.29, 1.82) is 0 Å². The zero-order valence-corrected chi connectivity index (χ0v) is 13.8. The number of rotatable bonds is 6. The van der Waals surface area contributed by atoms with Crippen LogP contribution in [0.2, 0.25) is 0 Å². The Kier molecular flexibility index (Phi) is 5.79. The highest BCUT2D eigenvalue weighted by Gasteiger charge is 2.13. The van der Waals surface area contributed by atoms with Crippen molar-refractivity contribution in [2.45, 2.75) is 19.1 Å². The molecule has 0 bridgehead atoms. The Labute approximate surface area is 134 Å². The zero-order valence-electron chi connectivity index (χ0n) is 12.2. The van der Waals surface area contributed by atoms with E-state index in [0.717, 1.165) is 21.3 Å². The van der Waals surface area contributed by atoms with Gasteiger partial charge in [-0.1, -0.05) is 46.3 Å². The van der Waals surface area contributed by atoms with Crippen LogP contribution in [-0.2, 0) is 0 Å². The molecule has 21 heavy (non-hydrogen) atoms. The molecule has 2 aromatic rings. The molecular weight excluding hydrogens is 330 g/mol. The van der Waals surface area contributed by atoms with E-state index < -0.39 is 6.10 Å². The van der Waals surface area contributed by atoms with Crippen LogP contribution < -0.4 is 10.1 Å². The van der Waals surface area contributed by atoms with Gasteiger partial charge in [-0.3, -0.25) is 0 Å². The number of hydrogen-bond donors (Lipinski definition) is 2. The van der Waals surface area contributed by atoms with Gasteiger partial charge in [0.1, 0.15) is 5.75 Å². The molecule has 0 aliphatic heterocycles. The van der Waals surface area contributed by atoms with Crippen LogP contribution in [0.3, 0.4) is 0 Å². The van der Waals surface area contributed by atoms with Crippen molar-refractivity contribution in [2.24, 2.45) is 0 Å². The lowest BCUT2D eigenvalue weighted by molar-refractivity contribution is 0.170. The second-order valence-corrected chi connectivity index (χ2v) is 5.86. The van der Waals surface area contributed by atoms with Gasteiger partial charge in [-0.2, -0.15) is 0 Å². The van der Waals surface area contributed by atoms with E-state index in [1.165, 1.54) is 0 Å². The van der Waals surface area contributed by atoms with Crippen molar-refractivity contribution >= 4 is 15.9 Å². The quantitative estimate of drug-likeness (QED) is 0.832. The molecule has 112 valence electrons. The summed E-state index contributed by atoms with van der Waals surface area (Å²) < 4.78 is 6.33. The van der Waals surface area contributed by atoms with Crippen LogP contribution in [0.5, 0.6) is 5.75 Å². The Morgan fingerprint density at radius 3 is 2.67 bits per heavy atom. The van der Waals surface area contributed by atoms with Crippen molar-refractivity contribution in [2.75, 3.05) is 13.7 Å². The highest BCUT2D eigenvalue weighted by Crippen LogP contribution is 2.25. The molecule has 0 amide bonds. The smallest absolute Gasteiger partial charge is 0.123 e. The summed E-state index contributed by atoms with van der Waals surface area (Å²) in [4.78, 5) is 0. The number of ether oxygens (including phenoxy) is 1. The Bertz CT molecular complexity index is 589. The van der Waals surface area contributed by atoms with Crippen LogP contribution >= 0.6 is 15.9 Å². The summed E-state index contributed by atoms with van der Waals surface area (Å²) in [5.74, 6) is 0.856. The molecule has 0 heterocycles. The third-order valence-electron chi connectivity index (χ3n) is 3.46. The molecule has 0 spiro atoms. The second-order valence-electron chi connectivity index (χ2n) is 4.94. The van der Waals surface area contributed by atoms with E-state index in [9.17, 15) is 5.11 Å². The maximum atomic E-state index is 10.3. The van der Waals surface area contributed by atoms with Gasteiger partial charge in [-0.15, -0.1) is 0 Å². The molecule has 1 unspecified atom stereocenters. The summed E-state index contributed by atoms with van der Waals surface area (Å²) in [6, 6.07) is 15.7. The molecule has 2 rings (SSSR count). The minimum absolute atomic E-state index is 0.1000. The number of aliphatic hydroxyl groups is 1. The summed E-state index contributed by atoms with van der Waals surface area (Å²) in [6.45, 7) is 2.54. The SMILES string of the molecule is COc1ccccc1[C@@H](C)NCC(O)c1cccc(Br)c1. The normalized spacial score (nSPS) is 13.7. The minimum Gasteiger partial charge on any atom is -0.496 e. The molecule has 4 heteroatoms. The monoisotopic (exact) mass is 349 g/mol. The van der Waals surface area contributed by atoms with E-state index in [0.29, 0.717) is 6.54 Å². The van der Waals surface area contributed by atoms with Gasteiger partial charge >= 0.3 is 0 Å². The van der Waals surface area contributed by atoms with Crippen LogP contribution in [0.15, 0.2) is 53.0 Å². The van der Waals surface area contributed by atoms with Gasteiger partial charge in [0.25, 0.3) is 0 Å². The number of halogens is 1. The van der Waals surface area contributed by atoms with E-state index in [-0.39, 0.29) is 6.04 Å². The Balaban J connectivity index is 1.99. The zero-order chi connectivity index (χ0) is 15.2. The molecule has 0 fully saturated rings. The van der Waals surface area contributed by atoms with Crippen molar-refractivity contribution in [3.63, 3.8) is 0 Å². The summed E-state index contributed by atoms with van der Waals surface area (Å²) >= 11 is 3.42. The van der Waals surface area contributed by atoms with Crippen molar-refractivity contribution in [3.05, 3.63) is 64.1 Å². The lowest BCUT2D eigenvalue weighted by Crippen LogP contribution is -2.25. The first-order valence-corrected chi connectivity index (χ1v) is 7.71. The van der Waals surface area contributed by atoms with E-state index >= 15 is 0 Å². The number of methoxy groups -OCH3 is 1. The van der Waals surface area contributed by atoms with E-state index in [1.54, 1.807) is 7.11 Å². The number of hydrogen-bond acceptors (Lipinski definition) is 3. The van der Waals surface area contributed by atoms with Crippen molar-refractivity contribution in [1.82, 2.24) is 5.32 Å². The summed E-state index contributed by atoms with van der Waals surface area (Å²) in [7, 11) is 1.67. The fourth-order valence-corrected chi connectivity index (χ4v) is 2.67. The number of benzene rings is 2. The highest BCUT2D eigenvalue weighted by atomic mass is 79.9. The van der Waals surface area contributed by atoms with Crippen molar-refractivity contribution < 1.29 is 9.84 Å². The topological polar surface area (TPSA) is 41.5 Å². The first-order valence-electron chi connectivity index (χ1n) is 6.91. The molecule has 0 radical (unpaired) electrons. The summed E-state index contributed by atoms with van der Waals surface area (Å²) in [5, 5.41) is 13.6. The molecule has 0 aromatic heterocycles. The molecule has 2 atom stereocenters. The van der Waals surface area contributed by atoms with Gasteiger partial charge < -0.3 is 15.2 Å². The predicted molar refractivity (Wildman–Crippen MR) is 88.5 cm³/mol. The number of aliphatic hydroxyl groups excluding tert-OH is 1. The third-order valence-corrected chi connectivity index (χ3v) is 3.95. The first kappa shape index (κ1) is 16.0. The van der Waals surface area contributed by atoms with Gasteiger partial charge in [0.2, 0.25) is 0 Å². The molecule has 0 aliphatic rings. The fourth-order valence-electron chi connectivity index (χ4n) is 2.25. The molecule has 2 N–H and O–H groups in total. The molecule has 3 nitrogen and oxygen atoms in total. The molecule has 2 aromatic carbocycles. The van der Waals surface area contributed by atoms with Crippen molar-refractivity contribution in [3.8, 4) is 5.75 Å². The average Bonchev–Trinajstić information content (AvgIpc) is 2.52. The van der Waals surface area contributed by atoms with Gasteiger partial charge in [0, 0.05) is 22.6 Å². The van der Waals surface area contributed by atoms with Crippen LogP contribution in [0.25, 0.3) is 0 Å². The molecule has 0 saturated heterocycles. The van der Waals surface area contributed by atoms with Gasteiger partial charge in [0.15, 0.2) is 0 Å². The predicted octanol–water partition coefficient (Wildman–Crippen LogP) is 3.84. The second kappa shape index (κ2) is 7.59. The standard InChI is InChI=1S/C17H20BrNO2/c1-12(15-8-3-4-9-17(15)21-2)19-11-16(20)13-6-5-7-14(18)10-13/h3-10,12,16,19-20H,11H2,1-2H3/t12-,16?/m1/s1.